The van der Waals surface area contributed by atoms with Gasteiger partial charge >= 0.3 is 0 Å². The molecule has 0 spiro atoms. The van der Waals surface area contributed by atoms with Crippen molar-refractivity contribution in [1.82, 2.24) is 9.55 Å². The summed E-state index contributed by atoms with van der Waals surface area (Å²) in [5.41, 5.74) is 0.880. The van der Waals surface area contributed by atoms with Crippen molar-refractivity contribution >= 4 is 0 Å². The number of methoxy groups -OCH3 is 1. The van der Waals surface area contributed by atoms with Crippen molar-refractivity contribution in [2.45, 2.75) is 13.5 Å². The first-order chi connectivity index (χ1) is 7.76. The van der Waals surface area contributed by atoms with Gasteiger partial charge in [-0.25, -0.2) is 4.98 Å². The molecule has 1 N–H and O–H groups in total. The molecule has 0 aliphatic carbocycles. The van der Waals surface area contributed by atoms with Gasteiger partial charge in [0.2, 0.25) is 0 Å². The van der Waals surface area contributed by atoms with Crippen molar-refractivity contribution in [2.24, 2.45) is 0 Å². The zero-order chi connectivity index (χ0) is 11.5. The van der Waals surface area contributed by atoms with Crippen molar-refractivity contribution < 1.29 is 9.84 Å². The first-order valence-electron chi connectivity index (χ1n) is 5.14. The molecule has 2 aromatic rings. The number of imidazole rings is 1. The molecule has 16 heavy (non-hydrogen) atoms. The van der Waals surface area contributed by atoms with E-state index < -0.39 is 0 Å². The van der Waals surface area contributed by atoms with E-state index in [-0.39, 0.29) is 5.75 Å². The molecule has 84 valence electrons. The van der Waals surface area contributed by atoms with E-state index in [2.05, 4.69) is 11.9 Å². The van der Waals surface area contributed by atoms with Gasteiger partial charge < -0.3 is 14.4 Å². The lowest BCUT2D eigenvalue weighted by Crippen LogP contribution is -1.96. The number of aryl methyl sites for hydroxylation is 1. The zero-order valence-corrected chi connectivity index (χ0v) is 9.34. The van der Waals surface area contributed by atoms with Crippen LogP contribution in [0.1, 0.15) is 6.92 Å². The summed E-state index contributed by atoms with van der Waals surface area (Å²) in [5, 5.41) is 9.69. The molecule has 0 bridgehead atoms. The van der Waals surface area contributed by atoms with Gasteiger partial charge in [-0.3, -0.25) is 0 Å². The molecule has 0 unspecified atom stereocenters. The number of ether oxygens (including phenoxy) is 1. The van der Waals surface area contributed by atoms with Crippen LogP contribution in [0.25, 0.3) is 11.4 Å². The Labute approximate surface area is 94.1 Å². The second-order valence-electron chi connectivity index (χ2n) is 3.42. The standard InChI is InChI=1S/C12H14N2O2/c1-3-14-7-6-13-12(14)9-4-5-11(16-2)10(15)8-9/h4-8,15H,3H2,1-2H3. The number of aromatic hydroxyl groups is 1. The molecule has 4 nitrogen and oxygen atoms in total. The highest BCUT2D eigenvalue weighted by Gasteiger charge is 2.08. The molecule has 0 saturated heterocycles. The molecular weight excluding hydrogens is 204 g/mol. The highest BCUT2D eigenvalue weighted by Crippen LogP contribution is 2.30. The number of aromatic nitrogens is 2. The van der Waals surface area contributed by atoms with Crippen molar-refractivity contribution in [3.8, 4) is 22.9 Å². The Morgan fingerprint density at radius 3 is 2.88 bits per heavy atom. The molecule has 1 aromatic carbocycles. The highest BCUT2D eigenvalue weighted by atomic mass is 16.5. The van der Waals surface area contributed by atoms with Gasteiger partial charge in [-0.15, -0.1) is 0 Å². The largest absolute Gasteiger partial charge is 0.504 e. The van der Waals surface area contributed by atoms with Gasteiger partial charge in [0.05, 0.1) is 7.11 Å². The summed E-state index contributed by atoms with van der Waals surface area (Å²) in [6.45, 7) is 2.90. The molecule has 4 heteroatoms. The van der Waals surface area contributed by atoms with E-state index in [9.17, 15) is 5.11 Å². The molecule has 0 atom stereocenters. The van der Waals surface area contributed by atoms with Crippen LogP contribution in [-0.4, -0.2) is 21.8 Å². The van der Waals surface area contributed by atoms with Crippen molar-refractivity contribution in [2.75, 3.05) is 7.11 Å². The lowest BCUT2D eigenvalue weighted by molar-refractivity contribution is 0.373. The topological polar surface area (TPSA) is 47.3 Å². The number of nitrogens with zero attached hydrogens (tertiary/aromatic N) is 2. The molecule has 0 aliphatic heterocycles. The predicted octanol–water partition coefficient (Wildman–Crippen LogP) is 2.28. The van der Waals surface area contributed by atoms with Crippen LogP contribution >= 0.6 is 0 Å². The van der Waals surface area contributed by atoms with Crippen LogP contribution in [0.5, 0.6) is 11.5 Å². The number of hydrogen-bond acceptors (Lipinski definition) is 3. The Morgan fingerprint density at radius 2 is 2.25 bits per heavy atom. The molecular formula is C12H14N2O2. The molecule has 0 radical (unpaired) electrons. The van der Waals surface area contributed by atoms with Crippen LogP contribution in [0.4, 0.5) is 0 Å². The van der Waals surface area contributed by atoms with Gasteiger partial charge in [0.25, 0.3) is 0 Å². The lowest BCUT2D eigenvalue weighted by Gasteiger charge is -2.07. The maximum absolute atomic E-state index is 9.69. The minimum absolute atomic E-state index is 0.130. The predicted molar refractivity (Wildman–Crippen MR) is 61.6 cm³/mol. The van der Waals surface area contributed by atoms with Crippen LogP contribution in [0.15, 0.2) is 30.6 Å². The van der Waals surface area contributed by atoms with Crippen LogP contribution in [0.2, 0.25) is 0 Å². The second-order valence-corrected chi connectivity index (χ2v) is 3.42. The average Bonchev–Trinajstić information content (AvgIpc) is 2.77. The maximum Gasteiger partial charge on any atom is 0.160 e. The maximum atomic E-state index is 9.69. The van der Waals surface area contributed by atoms with E-state index >= 15 is 0 Å². The van der Waals surface area contributed by atoms with Gasteiger partial charge in [-0.05, 0) is 25.1 Å². The average molecular weight is 218 g/mol. The van der Waals surface area contributed by atoms with E-state index in [1.807, 2.05) is 16.8 Å². The van der Waals surface area contributed by atoms with Gasteiger partial charge in [0, 0.05) is 24.5 Å². The summed E-state index contributed by atoms with van der Waals surface area (Å²) in [6, 6.07) is 5.28. The smallest absolute Gasteiger partial charge is 0.160 e. The number of rotatable bonds is 3. The summed E-state index contributed by atoms with van der Waals surface area (Å²) in [5.74, 6) is 1.45. The molecule has 1 aromatic heterocycles. The number of phenolic OH excluding ortho intramolecular Hbond substituents is 1. The van der Waals surface area contributed by atoms with Crippen LogP contribution < -0.4 is 4.74 Å². The van der Waals surface area contributed by atoms with E-state index in [1.54, 1.807) is 18.3 Å². The van der Waals surface area contributed by atoms with Gasteiger partial charge in [0.1, 0.15) is 5.82 Å². The van der Waals surface area contributed by atoms with E-state index in [4.69, 9.17) is 4.74 Å². The van der Waals surface area contributed by atoms with Gasteiger partial charge in [-0.2, -0.15) is 0 Å². The minimum atomic E-state index is 0.130. The third-order valence-electron chi connectivity index (χ3n) is 2.49. The monoisotopic (exact) mass is 218 g/mol. The van der Waals surface area contributed by atoms with Crippen LogP contribution in [0.3, 0.4) is 0 Å². The van der Waals surface area contributed by atoms with Crippen molar-refractivity contribution in [3.05, 3.63) is 30.6 Å². The van der Waals surface area contributed by atoms with Crippen molar-refractivity contribution in [1.29, 1.82) is 0 Å². The fourth-order valence-electron chi connectivity index (χ4n) is 1.65. The molecule has 0 aliphatic rings. The van der Waals surface area contributed by atoms with E-state index in [1.165, 1.54) is 7.11 Å². The van der Waals surface area contributed by atoms with Crippen LogP contribution in [0, 0.1) is 0 Å². The lowest BCUT2D eigenvalue weighted by atomic mass is 10.2. The number of phenols is 1. The minimum Gasteiger partial charge on any atom is -0.504 e. The zero-order valence-electron chi connectivity index (χ0n) is 9.34. The Bertz CT molecular complexity index is 492. The normalized spacial score (nSPS) is 10.4. The third-order valence-corrected chi connectivity index (χ3v) is 2.49. The molecule has 0 amide bonds. The van der Waals surface area contributed by atoms with E-state index in [0.717, 1.165) is 17.9 Å². The summed E-state index contributed by atoms with van der Waals surface area (Å²) in [7, 11) is 1.53. The molecule has 2 rings (SSSR count). The van der Waals surface area contributed by atoms with Gasteiger partial charge in [0.15, 0.2) is 11.5 Å². The van der Waals surface area contributed by atoms with Crippen molar-refractivity contribution in [3.63, 3.8) is 0 Å². The third kappa shape index (κ3) is 1.74. The molecule has 1 heterocycles. The molecule has 0 saturated carbocycles. The number of hydrogen-bond donors (Lipinski definition) is 1. The first kappa shape index (κ1) is 10.5. The summed E-state index contributed by atoms with van der Waals surface area (Å²) >= 11 is 0. The fourth-order valence-corrected chi connectivity index (χ4v) is 1.65. The SMILES string of the molecule is CCn1ccnc1-c1ccc(OC)c(O)c1. The Kier molecular flexibility index (Phi) is 2.81. The first-order valence-corrected chi connectivity index (χ1v) is 5.14. The molecule has 0 fully saturated rings. The second kappa shape index (κ2) is 4.26. The Hall–Kier alpha value is -1.97. The summed E-state index contributed by atoms with van der Waals surface area (Å²) in [4.78, 5) is 4.26. The quantitative estimate of drug-likeness (QED) is 0.859. The number of benzene rings is 1. The highest BCUT2D eigenvalue weighted by molar-refractivity contribution is 5.61. The van der Waals surface area contributed by atoms with Crippen LogP contribution in [-0.2, 0) is 6.54 Å². The van der Waals surface area contributed by atoms with E-state index in [0.29, 0.717) is 5.75 Å². The summed E-state index contributed by atoms with van der Waals surface area (Å²) in [6.07, 6.45) is 3.66. The Morgan fingerprint density at radius 1 is 1.44 bits per heavy atom. The fraction of sp³-hybridized carbons (Fsp3) is 0.250. The Balaban J connectivity index is 2.45. The van der Waals surface area contributed by atoms with Gasteiger partial charge in [-0.1, -0.05) is 0 Å². The summed E-state index contributed by atoms with van der Waals surface area (Å²) < 4.78 is 7.01.